The SMILES string of the molecule is BrCc1cc(Br)cc2c1OCCC2. The maximum absolute atomic E-state index is 5.65. The first-order valence-electron chi connectivity index (χ1n) is 4.31. The average molecular weight is 306 g/mol. The van der Waals surface area contributed by atoms with Crippen LogP contribution in [0.2, 0.25) is 0 Å². The van der Waals surface area contributed by atoms with Gasteiger partial charge in [-0.1, -0.05) is 31.9 Å². The van der Waals surface area contributed by atoms with Crippen molar-refractivity contribution in [3.05, 3.63) is 27.7 Å². The van der Waals surface area contributed by atoms with E-state index in [-0.39, 0.29) is 0 Å². The summed E-state index contributed by atoms with van der Waals surface area (Å²) >= 11 is 6.98. The molecule has 1 nitrogen and oxygen atoms in total. The third-order valence-electron chi connectivity index (χ3n) is 2.19. The summed E-state index contributed by atoms with van der Waals surface area (Å²) in [5.74, 6) is 1.09. The number of aryl methyl sites for hydroxylation is 1. The van der Waals surface area contributed by atoms with Crippen LogP contribution in [0.15, 0.2) is 16.6 Å². The lowest BCUT2D eigenvalue weighted by molar-refractivity contribution is 0.286. The summed E-state index contributed by atoms with van der Waals surface area (Å²) in [4.78, 5) is 0. The van der Waals surface area contributed by atoms with Crippen LogP contribution < -0.4 is 4.74 Å². The number of fused-ring (bicyclic) bond motifs is 1. The summed E-state index contributed by atoms with van der Waals surface area (Å²) in [6, 6.07) is 4.26. The minimum atomic E-state index is 0.856. The average Bonchev–Trinajstić information content (AvgIpc) is 2.16. The summed E-state index contributed by atoms with van der Waals surface area (Å²) in [5.41, 5.74) is 2.57. The second-order valence-electron chi connectivity index (χ2n) is 3.14. The standard InChI is InChI=1S/C10H10Br2O/c11-6-8-5-9(12)4-7-2-1-3-13-10(7)8/h4-5H,1-3,6H2. The van der Waals surface area contributed by atoms with Crippen LogP contribution in [0.1, 0.15) is 17.5 Å². The zero-order valence-electron chi connectivity index (χ0n) is 7.15. The third kappa shape index (κ3) is 1.91. The van der Waals surface area contributed by atoms with Crippen molar-refractivity contribution >= 4 is 31.9 Å². The lowest BCUT2D eigenvalue weighted by Crippen LogP contribution is -2.10. The number of alkyl halides is 1. The summed E-state index contributed by atoms with van der Waals surface area (Å²) < 4.78 is 6.79. The fraction of sp³-hybridized carbons (Fsp3) is 0.400. The van der Waals surface area contributed by atoms with Gasteiger partial charge in [0.25, 0.3) is 0 Å². The largest absolute Gasteiger partial charge is 0.493 e. The number of halogens is 2. The van der Waals surface area contributed by atoms with E-state index in [1.807, 2.05) is 0 Å². The van der Waals surface area contributed by atoms with Gasteiger partial charge in [0, 0.05) is 15.4 Å². The van der Waals surface area contributed by atoms with Crippen LogP contribution in [-0.4, -0.2) is 6.61 Å². The van der Waals surface area contributed by atoms with Crippen LogP contribution in [0.4, 0.5) is 0 Å². The van der Waals surface area contributed by atoms with E-state index in [0.717, 1.165) is 35.0 Å². The zero-order valence-corrected chi connectivity index (χ0v) is 10.3. The first-order valence-corrected chi connectivity index (χ1v) is 6.23. The Balaban J connectivity index is 2.50. The van der Waals surface area contributed by atoms with Crippen LogP contribution in [0.25, 0.3) is 0 Å². The van der Waals surface area contributed by atoms with E-state index in [0.29, 0.717) is 0 Å². The molecule has 70 valence electrons. The van der Waals surface area contributed by atoms with E-state index in [9.17, 15) is 0 Å². The Hall–Kier alpha value is -0.0200. The van der Waals surface area contributed by atoms with Crippen LogP contribution >= 0.6 is 31.9 Å². The molecular formula is C10H10Br2O. The topological polar surface area (TPSA) is 9.23 Å². The predicted octanol–water partition coefficient (Wildman–Crippen LogP) is 3.67. The Morgan fingerprint density at radius 3 is 3.00 bits per heavy atom. The molecule has 0 atom stereocenters. The monoisotopic (exact) mass is 304 g/mol. The molecule has 0 saturated heterocycles. The van der Waals surface area contributed by atoms with Gasteiger partial charge in [0.2, 0.25) is 0 Å². The van der Waals surface area contributed by atoms with E-state index in [1.54, 1.807) is 0 Å². The number of rotatable bonds is 1. The Bertz CT molecular complexity index is 306. The molecule has 0 spiro atoms. The highest BCUT2D eigenvalue weighted by Crippen LogP contribution is 2.33. The minimum Gasteiger partial charge on any atom is -0.493 e. The van der Waals surface area contributed by atoms with Crippen molar-refractivity contribution in [2.24, 2.45) is 0 Å². The highest BCUT2D eigenvalue weighted by molar-refractivity contribution is 9.10. The fourth-order valence-electron chi connectivity index (χ4n) is 1.62. The first kappa shape index (κ1) is 9.53. The van der Waals surface area contributed by atoms with Crippen molar-refractivity contribution in [1.82, 2.24) is 0 Å². The number of benzene rings is 1. The second-order valence-corrected chi connectivity index (χ2v) is 4.62. The summed E-state index contributed by atoms with van der Waals surface area (Å²) in [5, 5.41) is 0.856. The number of hydrogen-bond donors (Lipinski definition) is 0. The van der Waals surface area contributed by atoms with Gasteiger partial charge >= 0.3 is 0 Å². The minimum absolute atomic E-state index is 0.856. The number of hydrogen-bond acceptors (Lipinski definition) is 1. The van der Waals surface area contributed by atoms with Crippen LogP contribution in [0.3, 0.4) is 0 Å². The first-order chi connectivity index (χ1) is 6.31. The quantitative estimate of drug-likeness (QED) is 0.719. The molecule has 0 N–H and O–H groups in total. The molecule has 0 amide bonds. The van der Waals surface area contributed by atoms with Gasteiger partial charge in [-0.15, -0.1) is 0 Å². The predicted molar refractivity (Wildman–Crippen MR) is 60.6 cm³/mol. The van der Waals surface area contributed by atoms with Crippen LogP contribution in [0, 0.1) is 0 Å². The normalized spacial score (nSPS) is 14.9. The fourth-order valence-corrected chi connectivity index (χ4v) is 2.59. The Morgan fingerprint density at radius 2 is 2.23 bits per heavy atom. The van der Waals surface area contributed by atoms with E-state index in [2.05, 4.69) is 44.0 Å². The van der Waals surface area contributed by atoms with E-state index < -0.39 is 0 Å². The van der Waals surface area contributed by atoms with Crippen LogP contribution in [-0.2, 0) is 11.8 Å². The molecule has 0 fully saturated rings. The lowest BCUT2D eigenvalue weighted by atomic mass is 10.0. The molecule has 1 aliphatic rings. The highest BCUT2D eigenvalue weighted by Gasteiger charge is 2.14. The summed E-state index contributed by atoms with van der Waals surface area (Å²) in [6.07, 6.45) is 2.26. The van der Waals surface area contributed by atoms with Gasteiger partial charge in [-0.25, -0.2) is 0 Å². The van der Waals surface area contributed by atoms with Gasteiger partial charge in [-0.3, -0.25) is 0 Å². The van der Waals surface area contributed by atoms with Crippen molar-refractivity contribution in [2.75, 3.05) is 6.61 Å². The molecule has 13 heavy (non-hydrogen) atoms. The summed E-state index contributed by atoms with van der Waals surface area (Å²) in [6.45, 7) is 0.856. The molecule has 0 unspecified atom stereocenters. The molecule has 1 aromatic rings. The zero-order chi connectivity index (χ0) is 9.26. The molecular weight excluding hydrogens is 296 g/mol. The van der Waals surface area contributed by atoms with E-state index in [1.165, 1.54) is 11.1 Å². The molecule has 1 heterocycles. The second kappa shape index (κ2) is 4.01. The Morgan fingerprint density at radius 1 is 1.38 bits per heavy atom. The maximum atomic E-state index is 5.65. The highest BCUT2D eigenvalue weighted by atomic mass is 79.9. The van der Waals surface area contributed by atoms with Gasteiger partial charge in [-0.05, 0) is 30.5 Å². The van der Waals surface area contributed by atoms with E-state index in [4.69, 9.17) is 4.74 Å². The molecule has 1 aromatic carbocycles. The molecule has 3 heteroatoms. The summed E-state index contributed by atoms with van der Waals surface area (Å²) in [7, 11) is 0. The van der Waals surface area contributed by atoms with Crippen molar-refractivity contribution in [1.29, 1.82) is 0 Å². The van der Waals surface area contributed by atoms with Crippen molar-refractivity contribution < 1.29 is 4.74 Å². The van der Waals surface area contributed by atoms with Crippen LogP contribution in [0.5, 0.6) is 5.75 Å². The maximum Gasteiger partial charge on any atom is 0.126 e. The molecule has 0 aromatic heterocycles. The van der Waals surface area contributed by atoms with Crippen molar-refractivity contribution in [3.63, 3.8) is 0 Å². The van der Waals surface area contributed by atoms with Gasteiger partial charge in [0.05, 0.1) is 6.61 Å². The van der Waals surface area contributed by atoms with E-state index >= 15 is 0 Å². The molecule has 0 aliphatic carbocycles. The molecule has 0 bridgehead atoms. The van der Waals surface area contributed by atoms with Gasteiger partial charge < -0.3 is 4.74 Å². The Labute approximate surface area is 94.7 Å². The van der Waals surface area contributed by atoms with Gasteiger partial charge in [0.1, 0.15) is 5.75 Å². The molecule has 0 radical (unpaired) electrons. The molecule has 1 aliphatic heterocycles. The van der Waals surface area contributed by atoms with Crippen molar-refractivity contribution in [3.8, 4) is 5.75 Å². The molecule has 2 rings (SSSR count). The lowest BCUT2D eigenvalue weighted by Gasteiger charge is -2.20. The smallest absolute Gasteiger partial charge is 0.126 e. The molecule has 0 saturated carbocycles. The third-order valence-corrected chi connectivity index (χ3v) is 3.25. The van der Waals surface area contributed by atoms with Gasteiger partial charge in [0.15, 0.2) is 0 Å². The van der Waals surface area contributed by atoms with Gasteiger partial charge in [-0.2, -0.15) is 0 Å². The van der Waals surface area contributed by atoms with Crippen molar-refractivity contribution in [2.45, 2.75) is 18.2 Å². The Kier molecular flexibility index (Phi) is 2.94. The number of ether oxygens (including phenoxy) is 1.